The van der Waals surface area contributed by atoms with Crippen LogP contribution in [0.2, 0.25) is 0 Å². The van der Waals surface area contributed by atoms with Gasteiger partial charge in [-0.15, -0.1) is 0 Å². The van der Waals surface area contributed by atoms with Crippen LogP contribution in [0.5, 0.6) is 0 Å². The van der Waals surface area contributed by atoms with E-state index in [1.807, 2.05) is 12.1 Å². The predicted octanol–water partition coefficient (Wildman–Crippen LogP) is 2.26. The third-order valence-electron chi connectivity index (χ3n) is 5.59. The molecule has 0 radical (unpaired) electrons. The maximum atomic E-state index is 12.8. The summed E-state index contributed by atoms with van der Waals surface area (Å²) < 4.78 is 3.41. The number of imidazole rings is 2. The standard InChI is InChI=1S/C21H14N8O/c22-9-12-3-4-15-18(8-12)28(11-25-15)20-24-10-16-19(27-20)29(21(30)26-16)17-6-5-14-13(17)2-1-7-23-14/h1-4,7-8,10-11,17H,5-6H2,(H,26,30). The summed E-state index contributed by atoms with van der Waals surface area (Å²) in [5.74, 6) is 0.386. The fourth-order valence-electron chi connectivity index (χ4n) is 4.21. The smallest absolute Gasteiger partial charge is 0.303 e. The molecule has 1 unspecified atom stereocenters. The monoisotopic (exact) mass is 394 g/mol. The van der Waals surface area contributed by atoms with Crippen LogP contribution in [-0.2, 0) is 6.42 Å². The van der Waals surface area contributed by atoms with Crippen molar-refractivity contribution in [3.05, 3.63) is 76.4 Å². The number of rotatable bonds is 2. The minimum atomic E-state index is -0.222. The molecule has 4 heterocycles. The van der Waals surface area contributed by atoms with Gasteiger partial charge >= 0.3 is 5.69 Å². The van der Waals surface area contributed by atoms with Gasteiger partial charge < -0.3 is 4.98 Å². The molecule has 9 heteroatoms. The molecule has 6 rings (SSSR count). The van der Waals surface area contributed by atoms with E-state index in [0.717, 1.165) is 35.1 Å². The number of hydrogen-bond donors (Lipinski definition) is 1. The Morgan fingerprint density at radius 3 is 3.03 bits per heavy atom. The van der Waals surface area contributed by atoms with Crippen LogP contribution in [0, 0.1) is 11.3 Å². The first-order valence-corrected chi connectivity index (χ1v) is 9.51. The zero-order chi connectivity index (χ0) is 20.2. The van der Waals surface area contributed by atoms with E-state index in [1.165, 1.54) is 0 Å². The van der Waals surface area contributed by atoms with Crippen LogP contribution < -0.4 is 5.69 Å². The Balaban J connectivity index is 1.55. The van der Waals surface area contributed by atoms with E-state index < -0.39 is 0 Å². The second-order valence-corrected chi connectivity index (χ2v) is 7.23. The number of aryl methyl sites for hydroxylation is 1. The van der Waals surface area contributed by atoms with Gasteiger partial charge in [0.25, 0.3) is 0 Å². The van der Waals surface area contributed by atoms with Crippen molar-refractivity contribution in [1.29, 1.82) is 5.26 Å². The minimum absolute atomic E-state index is 0.123. The molecule has 0 bridgehead atoms. The molecule has 144 valence electrons. The number of pyridine rings is 1. The Hall–Kier alpha value is -4.32. The third kappa shape index (κ3) is 2.31. The normalized spacial score (nSPS) is 15.5. The lowest BCUT2D eigenvalue weighted by Crippen LogP contribution is -2.22. The van der Waals surface area contributed by atoms with Crippen LogP contribution in [0.1, 0.15) is 29.3 Å². The maximum Gasteiger partial charge on any atom is 0.328 e. The van der Waals surface area contributed by atoms with Crippen molar-refractivity contribution in [2.45, 2.75) is 18.9 Å². The highest BCUT2D eigenvalue weighted by Gasteiger charge is 2.28. The molecule has 1 atom stereocenters. The predicted molar refractivity (Wildman–Crippen MR) is 108 cm³/mol. The molecule has 0 aliphatic heterocycles. The van der Waals surface area contributed by atoms with Gasteiger partial charge in [-0.05, 0) is 42.7 Å². The van der Waals surface area contributed by atoms with Crippen LogP contribution in [0.4, 0.5) is 0 Å². The first-order valence-electron chi connectivity index (χ1n) is 9.51. The van der Waals surface area contributed by atoms with E-state index in [4.69, 9.17) is 4.98 Å². The molecule has 1 aromatic carbocycles. The molecular formula is C21H14N8O. The molecule has 4 aromatic heterocycles. The molecule has 1 aliphatic rings. The largest absolute Gasteiger partial charge is 0.328 e. The van der Waals surface area contributed by atoms with E-state index in [1.54, 1.807) is 46.1 Å². The van der Waals surface area contributed by atoms with Gasteiger partial charge in [-0.1, -0.05) is 6.07 Å². The van der Waals surface area contributed by atoms with Crippen molar-refractivity contribution in [3.63, 3.8) is 0 Å². The van der Waals surface area contributed by atoms with E-state index in [-0.39, 0.29) is 11.7 Å². The van der Waals surface area contributed by atoms with Crippen LogP contribution >= 0.6 is 0 Å². The highest BCUT2D eigenvalue weighted by atomic mass is 16.1. The first kappa shape index (κ1) is 16.6. The Bertz CT molecular complexity index is 1550. The number of aromatic amines is 1. The van der Waals surface area contributed by atoms with Crippen molar-refractivity contribution in [2.75, 3.05) is 0 Å². The Morgan fingerprint density at radius 1 is 1.20 bits per heavy atom. The van der Waals surface area contributed by atoms with E-state index in [0.29, 0.717) is 22.7 Å². The first-order chi connectivity index (χ1) is 14.7. The summed E-state index contributed by atoms with van der Waals surface area (Å²) in [5, 5.41) is 9.22. The van der Waals surface area contributed by atoms with Gasteiger partial charge in [-0.3, -0.25) is 14.1 Å². The average molecular weight is 394 g/mol. The van der Waals surface area contributed by atoms with Gasteiger partial charge in [0.2, 0.25) is 5.95 Å². The van der Waals surface area contributed by atoms with E-state index in [2.05, 4.69) is 26.0 Å². The fourth-order valence-corrected chi connectivity index (χ4v) is 4.21. The topological polar surface area (TPSA) is 118 Å². The highest BCUT2D eigenvalue weighted by molar-refractivity contribution is 5.79. The van der Waals surface area contributed by atoms with Crippen LogP contribution in [0.15, 0.2) is 53.8 Å². The van der Waals surface area contributed by atoms with Crippen LogP contribution in [-0.4, -0.2) is 34.1 Å². The van der Waals surface area contributed by atoms with Gasteiger partial charge in [0.15, 0.2) is 5.65 Å². The number of nitriles is 1. The number of nitrogens with one attached hydrogen (secondary N) is 1. The van der Waals surface area contributed by atoms with Gasteiger partial charge in [-0.25, -0.2) is 14.8 Å². The maximum absolute atomic E-state index is 12.8. The minimum Gasteiger partial charge on any atom is -0.303 e. The molecule has 1 N–H and O–H groups in total. The molecule has 0 saturated heterocycles. The van der Waals surface area contributed by atoms with Gasteiger partial charge in [0.1, 0.15) is 11.8 Å². The van der Waals surface area contributed by atoms with Crippen molar-refractivity contribution >= 4 is 22.2 Å². The summed E-state index contributed by atoms with van der Waals surface area (Å²) in [6.45, 7) is 0. The molecule has 1 aliphatic carbocycles. The van der Waals surface area contributed by atoms with Crippen molar-refractivity contribution in [3.8, 4) is 12.0 Å². The molecule has 5 aromatic rings. The number of H-pyrrole nitrogens is 1. The molecule has 0 fully saturated rings. The molecule has 0 spiro atoms. The number of nitrogens with zero attached hydrogens (tertiary/aromatic N) is 7. The highest BCUT2D eigenvalue weighted by Crippen LogP contribution is 2.33. The summed E-state index contributed by atoms with van der Waals surface area (Å²) in [6, 6.07) is 11.2. The van der Waals surface area contributed by atoms with Crippen molar-refractivity contribution in [1.82, 2.24) is 34.1 Å². The molecule has 0 amide bonds. The Morgan fingerprint density at radius 2 is 2.13 bits per heavy atom. The summed E-state index contributed by atoms with van der Waals surface area (Å²) in [4.78, 5) is 33.6. The van der Waals surface area contributed by atoms with Gasteiger partial charge in [0.05, 0.1) is 34.9 Å². The van der Waals surface area contributed by atoms with Gasteiger partial charge in [0, 0.05) is 11.9 Å². The quantitative estimate of drug-likeness (QED) is 0.491. The average Bonchev–Trinajstić information content (AvgIpc) is 3.47. The Kier molecular flexibility index (Phi) is 3.37. The molecule has 9 nitrogen and oxygen atoms in total. The van der Waals surface area contributed by atoms with Crippen LogP contribution in [0.25, 0.3) is 28.1 Å². The number of benzene rings is 1. The zero-order valence-electron chi connectivity index (χ0n) is 15.6. The number of fused-ring (bicyclic) bond motifs is 3. The lowest BCUT2D eigenvalue weighted by atomic mass is 10.1. The van der Waals surface area contributed by atoms with Crippen molar-refractivity contribution < 1.29 is 0 Å². The second-order valence-electron chi connectivity index (χ2n) is 7.23. The van der Waals surface area contributed by atoms with Crippen molar-refractivity contribution in [2.24, 2.45) is 0 Å². The molecule has 30 heavy (non-hydrogen) atoms. The zero-order valence-corrected chi connectivity index (χ0v) is 15.6. The third-order valence-corrected chi connectivity index (χ3v) is 5.59. The molecule has 0 saturated carbocycles. The fraction of sp³-hybridized carbons (Fsp3) is 0.143. The second kappa shape index (κ2) is 6.09. The molecular weight excluding hydrogens is 380 g/mol. The SMILES string of the molecule is N#Cc1ccc2ncn(-c3ncc4[nH]c(=O)n(C5CCc6ncccc65)c4n3)c2c1. The lowest BCUT2D eigenvalue weighted by Gasteiger charge is -2.13. The van der Waals surface area contributed by atoms with E-state index >= 15 is 0 Å². The Labute approximate surface area is 169 Å². The summed E-state index contributed by atoms with van der Waals surface area (Å²) in [5.41, 5.74) is 4.94. The van der Waals surface area contributed by atoms with E-state index in [9.17, 15) is 10.1 Å². The number of aromatic nitrogens is 7. The number of hydrogen-bond acceptors (Lipinski definition) is 6. The summed E-state index contributed by atoms with van der Waals surface area (Å²) in [6.07, 6.45) is 6.61. The van der Waals surface area contributed by atoms with Crippen LogP contribution in [0.3, 0.4) is 0 Å². The van der Waals surface area contributed by atoms with Gasteiger partial charge in [-0.2, -0.15) is 10.2 Å². The summed E-state index contributed by atoms with van der Waals surface area (Å²) in [7, 11) is 0. The lowest BCUT2D eigenvalue weighted by molar-refractivity contribution is 0.574. The summed E-state index contributed by atoms with van der Waals surface area (Å²) >= 11 is 0.